The number of carbonyl (C=O) groups is 2. The zero-order chi connectivity index (χ0) is 22.6. The van der Waals surface area contributed by atoms with Crippen molar-refractivity contribution < 1.29 is 14.7 Å². The molecule has 33 heavy (non-hydrogen) atoms. The molecule has 2 aliphatic rings. The van der Waals surface area contributed by atoms with Crippen LogP contribution in [-0.2, 0) is 6.42 Å². The molecule has 2 fully saturated rings. The molecule has 3 heterocycles. The number of carbonyl (C=O) groups excluding carboxylic acids is 1. The first kappa shape index (κ1) is 24.2. The van der Waals surface area contributed by atoms with Crippen LogP contribution in [0, 0.1) is 18.8 Å². The molecule has 7 nitrogen and oxygen atoms in total. The van der Waals surface area contributed by atoms with Gasteiger partial charge in [-0.3, -0.25) is 4.79 Å². The number of benzene rings is 1. The maximum atomic E-state index is 12.6. The molecule has 0 unspecified atom stereocenters. The minimum absolute atomic E-state index is 0. The Kier molecular flexibility index (Phi) is 6.86. The fourth-order valence-electron chi connectivity index (χ4n) is 4.40. The van der Waals surface area contributed by atoms with Crippen molar-refractivity contribution in [3.8, 4) is 0 Å². The van der Waals surface area contributed by atoms with Crippen molar-refractivity contribution in [2.24, 2.45) is 11.8 Å². The summed E-state index contributed by atoms with van der Waals surface area (Å²) in [6.45, 7) is 3.22. The van der Waals surface area contributed by atoms with Crippen LogP contribution in [0.3, 0.4) is 0 Å². The number of amides is 1. The summed E-state index contributed by atoms with van der Waals surface area (Å²) < 4.78 is 0. The Labute approximate surface area is 216 Å². The fraction of sp³-hybridized carbons (Fsp3) is 0.318. The molecule has 3 atom stereocenters. The van der Waals surface area contributed by atoms with E-state index < -0.39 is 5.97 Å². The van der Waals surface area contributed by atoms with E-state index in [1.807, 2.05) is 30.3 Å². The molecule has 1 aliphatic carbocycles. The third kappa shape index (κ3) is 4.55. The normalized spacial score (nSPS) is 20.8. The number of nitrogens with zero attached hydrogens (tertiary/aromatic N) is 2. The number of carboxylic acid groups (broad SMARTS) is 1. The van der Waals surface area contributed by atoms with E-state index in [9.17, 15) is 14.7 Å². The van der Waals surface area contributed by atoms with Gasteiger partial charge in [-0.2, -0.15) is 0 Å². The van der Waals surface area contributed by atoms with Gasteiger partial charge in [-0.05, 0) is 12.5 Å². The molecule has 5 rings (SSSR count). The Balaban J connectivity index is 0.00000259. The Bertz CT molecular complexity index is 1200. The van der Waals surface area contributed by atoms with Crippen molar-refractivity contribution >= 4 is 70.4 Å². The van der Waals surface area contributed by atoms with Crippen LogP contribution in [0.1, 0.15) is 37.1 Å². The summed E-state index contributed by atoms with van der Waals surface area (Å²) in [5.74, 6) is -0.604. The molecule has 1 aliphatic heterocycles. The van der Waals surface area contributed by atoms with Crippen LogP contribution < -0.4 is 10.2 Å². The molecule has 3 aromatic rings. The summed E-state index contributed by atoms with van der Waals surface area (Å²) >= 11 is 13.4. The van der Waals surface area contributed by atoms with Gasteiger partial charge in [-0.1, -0.05) is 64.9 Å². The summed E-state index contributed by atoms with van der Waals surface area (Å²) in [5.41, 5.74) is 2.56. The number of hydrogen-bond acceptors (Lipinski definition) is 5. The standard InChI is InChI=1S/C22H20Cl2N4O3S.Li.H/c1-10-15(23)16(24)18(25-10)20(29)27-17-12-8-28(9-13(12)17)22-26-14(19(32-22)21(30)31)7-11-5-3-2-4-6-11;;/h2-6,12-13,17,25H,7-9H2,1H3,(H,27,29)(H,30,31);;/t12-,13+,17+;;. The molecule has 11 heteroatoms. The molecule has 1 amide bonds. The van der Waals surface area contributed by atoms with Crippen LogP contribution in [0.25, 0.3) is 0 Å². The molecule has 2 aromatic heterocycles. The number of aromatic amines is 1. The van der Waals surface area contributed by atoms with Crippen LogP contribution >= 0.6 is 34.5 Å². The molecule has 0 bridgehead atoms. The van der Waals surface area contributed by atoms with Crippen molar-refractivity contribution in [1.82, 2.24) is 15.3 Å². The number of aromatic carboxylic acids is 1. The molecule has 1 saturated carbocycles. The second kappa shape index (κ2) is 9.36. The predicted octanol–water partition coefficient (Wildman–Crippen LogP) is 3.59. The molecular weight excluding hydrogens is 478 g/mol. The van der Waals surface area contributed by atoms with E-state index in [0.717, 1.165) is 23.8 Å². The van der Waals surface area contributed by atoms with Crippen molar-refractivity contribution in [2.75, 3.05) is 18.0 Å². The summed E-state index contributed by atoms with van der Waals surface area (Å²) in [6.07, 6.45) is 0.483. The Morgan fingerprint density at radius 1 is 1.21 bits per heavy atom. The van der Waals surface area contributed by atoms with Gasteiger partial charge in [0.15, 0.2) is 5.13 Å². The van der Waals surface area contributed by atoms with E-state index in [2.05, 4.69) is 20.2 Å². The van der Waals surface area contributed by atoms with E-state index in [1.54, 1.807) is 6.92 Å². The second-order valence-corrected chi connectivity index (χ2v) is 9.96. The monoisotopic (exact) mass is 498 g/mol. The first-order chi connectivity index (χ1) is 15.3. The van der Waals surface area contributed by atoms with E-state index in [4.69, 9.17) is 23.2 Å². The van der Waals surface area contributed by atoms with Gasteiger partial charge < -0.3 is 20.3 Å². The number of anilines is 1. The number of aromatic nitrogens is 2. The maximum absolute atomic E-state index is 12.6. The first-order valence-electron chi connectivity index (χ1n) is 10.2. The number of piperidine rings is 1. The second-order valence-electron chi connectivity index (χ2n) is 8.22. The number of thiazole rings is 1. The van der Waals surface area contributed by atoms with Gasteiger partial charge in [0.05, 0.1) is 15.7 Å². The number of fused-ring (bicyclic) bond motifs is 1. The van der Waals surface area contributed by atoms with Crippen LogP contribution in [0.2, 0.25) is 10.0 Å². The van der Waals surface area contributed by atoms with Gasteiger partial charge in [0.2, 0.25) is 0 Å². The zero-order valence-corrected chi connectivity index (χ0v) is 19.4. The van der Waals surface area contributed by atoms with Crippen molar-refractivity contribution in [2.45, 2.75) is 19.4 Å². The van der Waals surface area contributed by atoms with E-state index >= 15 is 0 Å². The Hall–Kier alpha value is -1.95. The van der Waals surface area contributed by atoms with Crippen LogP contribution in [0.15, 0.2) is 30.3 Å². The number of carboxylic acids is 1. The minimum atomic E-state index is -0.953. The van der Waals surface area contributed by atoms with Crippen LogP contribution in [0.5, 0.6) is 0 Å². The average Bonchev–Trinajstić information content (AvgIpc) is 3.14. The van der Waals surface area contributed by atoms with Crippen molar-refractivity contribution in [1.29, 1.82) is 0 Å². The fourth-order valence-corrected chi connectivity index (χ4v) is 5.75. The van der Waals surface area contributed by atoms with Gasteiger partial charge >= 0.3 is 24.8 Å². The average molecular weight is 499 g/mol. The van der Waals surface area contributed by atoms with Gasteiger partial charge in [-0.25, -0.2) is 9.78 Å². The molecule has 0 radical (unpaired) electrons. The van der Waals surface area contributed by atoms with Crippen LogP contribution in [-0.4, -0.2) is 64.9 Å². The number of nitrogens with one attached hydrogen (secondary N) is 2. The number of hydrogen-bond donors (Lipinski definition) is 3. The van der Waals surface area contributed by atoms with Crippen molar-refractivity contribution in [3.63, 3.8) is 0 Å². The molecular formula is C22H21Cl2LiN4O3S. The zero-order valence-electron chi connectivity index (χ0n) is 17.1. The SMILES string of the molecule is Cc1[nH]c(C(=O)N[C@H]2[C@@H]3CN(c4nc(Cc5ccccc5)c(C(=O)O)s4)C[C@@H]32)c(Cl)c1Cl.[LiH]. The van der Waals surface area contributed by atoms with Crippen molar-refractivity contribution in [3.05, 3.63) is 67.9 Å². The first-order valence-corrected chi connectivity index (χ1v) is 11.8. The van der Waals surface area contributed by atoms with E-state index in [0.29, 0.717) is 34.7 Å². The van der Waals surface area contributed by atoms with Gasteiger partial charge in [0, 0.05) is 43.1 Å². The quantitative estimate of drug-likeness (QED) is 0.451. The van der Waals surface area contributed by atoms with Gasteiger partial charge in [-0.15, -0.1) is 0 Å². The van der Waals surface area contributed by atoms with E-state index in [-0.39, 0.29) is 46.4 Å². The number of rotatable bonds is 6. The summed E-state index contributed by atoms with van der Waals surface area (Å²) in [4.78, 5) is 34.3. The van der Waals surface area contributed by atoms with Gasteiger partial charge in [0.1, 0.15) is 10.6 Å². The molecule has 1 aromatic carbocycles. The van der Waals surface area contributed by atoms with Gasteiger partial charge in [0.25, 0.3) is 5.91 Å². The number of H-pyrrole nitrogens is 1. The summed E-state index contributed by atoms with van der Waals surface area (Å²) in [6, 6.07) is 9.80. The number of halogens is 2. The third-order valence-corrected chi connectivity index (χ3v) is 8.23. The third-order valence-electron chi connectivity index (χ3n) is 6.14. The Morgan fingerprint density at radius 2 is 1.88 bits per heavy atom. The molecule has 0 spiro atoms. The Morgan fingerprint density at radius 3 is 2.45 bits per heavy atom. The molecule has 168 valence electrons. The summed E-state index contributed by atoms with van der Waals surface area (Å²) in [7, 11) is 0. The predicted molar refractivity (Wildman–Crippen MR) is 131 cm³/mol. The molecule has 1 saturated heterocycles. The van der Waals surface area contributed by atoms with E-state index in [1.165, 1.54) is 11.3 Å². The van der Waals surface area contributed by atoms with Crippen LogP contribution in [0.4, 0.5) is 5.13 Å². The number of aryl methyl sites for hydroxylation is 1. The summed E-state index contributed by atoms with van der Waals surface area (Å²) in [5, 5.41) is 14.0. The topological polar surface area (TPSA) is 98.3 Å². The molecule has 3 N–H and O–H groups in total.